The third-order valence-electron chi connectivity index (χ3n) is 3.84. The van der Waals surface area contributed by atoms with Gasteiger partial charge in [-0.3, -0.25) is 0 Å². The molecule has 0 atom stereocenters. The second kappa shape index (κ2) is 5.03. The van der Waals surface area contributed by atoms with Gasteiger partial charge in [0.25, 0.3) is 0 Å². The quantitative estimate of drug-likeness (QED) is 0.665. The second-order valence-corrected chi connectivity index (χ2v) is 6.72. The fraction of sp³-hybridized carbons (Fsp3) is 0.316. The Morgan fingerprint density at radius 1 is 1.00 bits per heavy atom. The lowest BCUT2D eigenvalue weighted by Crippen LogP contribution is -2.18. The number of hydrogen-bond acceptors (Lipinski definition) is 1. The van der Waals surface area contributed by atoms with Crippen molar-refractivity contribution >= 4 is 11.0 Å². The van der Waals surface area contributed by atoms with Gasteiger partial charge in [-0.15, -0.1) is 0 Å². The smallest absolute Gasteiger partial charge is 0.140 e. The predicted octanol–water partition coefficient (Wildman–Crippen LogP) is 4.69. The zero-order valence-corrected chi connectivity index (χ0v) is 13.2. The molecular weight excluding hydrogens is 256 g/mol. The van der Waals surface area contributed by atoms with Gasteiger partial charge in [-0.2, -0.15) is 0 Å². The number of fused-ring (bicyclic) bond motifs is 1. The van der Waals surface area contributed by atoms with Crippen molar-refractivity contribution < 1.29 is 0 Å². The molecule has 0 bridgehead atoms. The first-order chi connectivity index (χ1) is 9.95. The summed E-state index contributed by atoms with van der Waals surface area (Å²) in [5.74, 6) is 0. The van der Waals surface area contributed by atoms with E-state index in [0.29, 0.717) is 0 Å². The number of rotatable bonds is 2. The van der Waals surface area contributed by atoms with Gasteiger partial charge in [0.05, 0.1) is 0 Å². The van der Waals surface area contributed by atoms with Crippen LogP contribution in [0.25, 0.3) is 11.0 Å². The van der Waals surface area contributed by atoms with Crippen LogP contribution in [0, 0.1) is 6.92 Å². The molecule has 0 aliphatic rings. The summed E-state index contributed by atoms with van der Waals surface area (Å²) in [4.78, 5) is 4.77. The Bertz CT molecular complexity index is 761. The van der Waals surface area contributed by atoms with Gasteiger partial charge in [0.2, 0.25) is 0 Å². The van der Waals surface area contributed by atoms with Crippen molar-refractivity contribution in [3.05, 3.63) is 65.5 Å². The average Bonchev–Trinajstić information content (AvgIpc) is 2.78. The van der Waals surface area contributed by atoms with Crippen molar-refractivity contribution in [1.82, 2.24) is 9.55 Å². The van der Waals surface area contributed by atoms with Crippen LogP contribution < -0.4 is 0 Å². The first kappa shape index (κ1) is 13.9. The first-order valence-corrected chi connectivity index (χ1v) is 7.46. The van der Waals surface area contributed by atoms with Gasteiger partial charge in [-0.05, 0) is 30.7 Å². The Balaban J connectivity index is 2.20. The minimum atomic E-state index is 0.101. The molecule has 0 aliphatic carbocycles. The first-order valence-electron chi connectivity index (χ1n) is 7.46. The molecule has 0 spiro atoms. The predicted molar refractivity (Wildman–Crippen MR) is 88.7 cm³/mol. The van der Waals surface area contributed by atoms with Crippen LogP contribution in [0.3, 0.4) is 0 Å². The van der Waals surface area contributed by atoms with Crippen molar-refractivity contribution in [2.75, 3.05) is 0 Å². The van der Waals surface area contributed by atoms with E-state index in [0.717, 1.165) is 17.9 Å². The molecule has 0 saturated heterocycles. The SMILES string of the molecule is Cc1ccc2cc(C(C)(C)C)n(Cc3ccccc3)c2n1. The highest BCUT2D eigenvalue weighted by atomic mass is 15.1. The van der Waals surface area contributed by atoms with Crippen LogP contribution in [0.4, 0.5) is 0 Å². The van der Waals surface area contributed by atoms with E-state index in [2.05, 4.69) is 80.8 Å². The maximum absolute atomic E-state index is 4.77. The van der Waals surface area contributed by atoms with E-state index in [1.54, 1.807) is 0 Å². The van der Waals surface area contributed by atoms with Crippen molar-refractivity contribution in [2.45, 2.75) is 39.7 Å². The molecule has 108 valence electrons. The van der Waals surface area contributed by atoms with Gasteiger partial charge >= 0.3 is 0 Å². The summed E-state index contributed by atoms with van der Waals surface area (Å²) in [6, 6.07) is 17.1. The molecule has 3 aromatic rings. The normalized spacial score (nSPS) is 12.0. The lowest BCUT2D eigenvalue weighted by atomic mass is 9.92. The van der Waals surface area contributed by atoms with Crippen LogP contribution in [-0.2, 0) is 12.0 Å². The molecule has 2 heterocycles. The standard InChI is InChI=1S/C19H22N2/c1-14-10-11-16-12-17(19(2,3)4)21(18(16)20-14)13-15-8-6-5-7-9-15/h5-12H,13H2,1-4H3. The summed E-state index contributed by atoms with van der Waals surface area (Å²) in [6.45, 7) is 9.70. The highest BCUT2D eigenvalue weighted by Crippen LogP contribution is 2.29. The molecule has 3 rings (SSSR count). The minimum Gasteiger partial charge on any atom is -0.325 e. The molecule has 2 nitrogen and oxygen atoms in total. The van der Waals surface area contributed by atoms with Gasteiger partial charge < -0.3 is 4.57 Å². The number of benzene rings is 1. The van der Waals surface area contributed by atoms with E-state index < -0.39 is 0 Å². The number of nitrogens with zero attached hydrogens (tertiary/aromatic N) is 2. The highest BCUT2D eigenvalue weighted by Gasteiger charge is 2.21. The van der Waals surface area contributed by atoms with Crippen molar-refractivity contribution in [2.24, 2.45) is 0 Å². The van der Waals surface area contributed by atoms with Crippen LogP contribution in [0.1, 0.15) is 37.7 Å². The zero-order valence-electron chi connectivity index (χ0n) is 13.2. The van der Waals surface area contributed by atoms with Gasteiger partial charge in [-0.1, -0.05) is 51.1 Å². The summed E-state index contributed by atoms with van der Waals surface area (Å²) < 4.78 is 2.36. The Kier molecular flexibility index (Phi) is 3.32. The molecular formula is C19H22N2. The van der Waals surface area contributed by atoms with Crippen LogP contribution in [0.15, 0.2) is 48.5 Å². The Hall–Kier alpha value is -2.09. The maximum atomic E-state index is 4.77. The highest BCUT2D eigenvalue weighted by molar-refractivity contribution is 5.78. The molecule has 0 amide bonds. The molecule has 0 unspecified atom stereocenters. The van der Waals surface area contributed by atoms with E-state index >= 15 is 0 Å². The van der Waals surface area contributed by atoms with Crippen LogP contribution >= 0.6 is 0 Å². The van der Waals surface area contributed by atoms with E-state index in [-0.39, 0.29) is 5.41 Å². The van der Waals surface area contributed by atoms with E-state index in [9.17, 15) is 0 Å². The van der Waals surface area contributed by atoms with Crippen LogP contribution in [0.5, 0.6) is 0 Å². The molecule has 1 aromatic carbocycles. The Labute approximate surface area is 126 Å². The summed E-state index contributed by atoms with van der Waals surface area (Å²) in [6.07, 6.45) is 0. The van der Waals surface area contributed by atoms with Crippen LogP contribution in [0.2, 0.25) is 0 Å². The molecule has 0 radical (unpaired) electrons. The minimum absolute atomic E-state index is 0.101. The largest absolute Gasteiger partial charge is 0.325 e. The second-order valence-electron chi connectivity index (χ2n) is 6.72. The number of hydrogen-bond donors (Lipinski definition) is 0. The molecule has 2 aromatic heterocycles. The summed E-state index contributed by atoms with van der Waals surface area (Å²) >= 11 is 0. The number of aryl methyl sites for hydroxylation is 1. The van der Waals surface area contributed by atoms with E-state index in [4.69, 9.17) is 4.98 Å². The van der Waals surface area contributed by atoms with Gasteiger partial charge in [0.1, 0.15) is 5.65 Å². The lowest BCUT2D eigenvalue weighted by molar-refractivity contribution is 0.535. The molecule has 0 saturated carbocycles. The number of pyridine rings is 1. The fourth-order valence-corrected chi connectivity index (χ4v) is 2.77. The third kappa shape index (κ3) is 2.71. The van der Waals surface area contributed by atoms with E-state index in [1.165, 1.54) is 16.6 Å². The fourth-order valence-electron chi connectivity index (χ4n) is 2.77. The van der Waals surface area contributed by atoms with Crippen LogP contribution in [-0.4, -0.2) is 9.55 Å². The van der Waals surface area contributed by atoms with E-state index in [1.807, 2.05) is 0 Å². The topological polar surface area (TPSA) is 17.8 Å². The van der Waals surface area contributed by atoms with Gasteiger partial charge in [0, 0.05) is 28.7 Å². The van der Waals surface area contributed by atoms with Crippen molar-refractivity contribution in [1.29, 1.82) is 0 Å². The van der Waals surface area contributed by atoms with Gasteiger partial charge in [-0.25, -0.2) is 4.98 Å². The third-order valence-corrected chi connectivity index (χ3v) is 3.84. The molecule has 0 N–H and O–H groups in total. The van der Waals surface area contributed by atoms with Crippen molar-refractivity contribution in [3.8, 4) is 0 Å². The maximum Gasteiger partial charge on any atom is 0.140 e. The molecule has 21 heavy (non-hydrogen) atoms. The van der Waals surface area contributed by atoms with Gasteiger partial charge in [0.15, 0.2) is 0 Å². The summed E-state index contributed by atoms with van der Waals surface area (Å²) in [5.41, 5.74) is 4.89. The molecule has 2 heteroatoms. The Morgan fingerprint density at radius 3 is 2.38 bits per heavy atom. The summed E-state index contributed by atoms with van der Waals surface area (Å²) in [7, 11) is 0. The average molecular weight is 278 g/mol. The zero-order chi connectivity index (χ0) is 15.0. The van der Waals surface area contributed by atoms with Crippen molar-refractivity contribution in [3.63, 3.8) is 0 Å². The molecule has 0 aliphatic heterocycles. The number of aromatic nitrogens is 2. The lowest BCUT2D eigenvalue weighted by Gasteiger charge is -2.22. The Morgan fingerprint density at radius 2 is 1.71 bits per heavy atom. The summed E-state index contributed by atoms with van der Waals surface area (Å²) in [5, 5.41) is 1.22. The molecule has 0 fully saturated rings. The monoisotopic (exact) mass is 278 g/mol.